The molecule has 0 aliphatic carbocycles. The highest BCUT2D eigenvalue weighted by molar-refractivity contribution is 9.10. The fraction of sp³-hybridized carbons (Fsp3) is 0.0952. The van der Waals surface area contributed by atoms with Gasteiger partial charge in [0.05, 0.1) is 0 Å². The first kappa shape index (κ1) is 17.4. The number of carbonyl (C=O) groups is 1. The minimum Gasteiger partial charge on any atom is -0.452 e. The molecule has 4 rings (SSSR count). The van der Waals surface area contributed by atoms with Crippen LogP contribution < -0.4 is 0 Å². The largest absolute Gasteiger partial charge is 0.452 e. The van der Waals surface area contributed by atoms with Crippen LogP contribution in [0, 0.1) is 0 Å². The molecular formula is C21H16BrN3O2. The van der Waals surface area contributed by atoms with E-state index in [1.807, 2.05) is 54.6 Å². The molecule has 0 N–H and O–H groups in total. The van der Waals surface area contributed by atoms with Crippen molar-refractivity contribution in [3.05, 3.63) is 100 Å². The molecule has 1 unspecified atom stereocenters. The lowest BCUT2D eigenvalue weighted by molar-refractivity contribution is 0.0288. The fourth-order valence-electron chi connectivity index (χ4n) is 2.94. The molecule has 0 saturated carbocycles. The van der Waals surface area contributed by atoms with Crippen molar-refractivity contribution in [1.82, 2.24) is 14.6 Å². The lowest BCUT2D eigenvalue weighted by Gasteiger charge is -2.19. The minimum absolute atomic E-state index is 0.396. The van der Waals surface area contributed by atoms with Gasteiger partial charge in [0.2, 0.25) is 0 Å². The molecule has 0 fully saturated rings. The number of hydrogen-bond donors (Lipinski definition) is 0. The number of pyridine rings is 1. The molecule has 2 aromatic heterocycles. The van der Waals surface area contributed by atoms with Gasteiger partial charge in [-0.05, 0) is 35.4 Å². The first-order valence-electron chi connectivity index (χ1n) is 8.50. The second kappa shape index (κ2) is 7.72. The third kappa shape index (κ3) is 3.90. The Morgan fingerprint density at radius 3 is 2.56 bits per heavy atom. The molecule has 0 spiro atoms. The molecule has 134 valence electrons. The third-order valence-corrected chi connectivity index (χ3v) is 4.83. The van der Waals surface area contributed by atoms with Crippen molar-refractivity contribution in [1.29, 1.82) is 0 Å². The zero-order valence-electron chi connectivity index (χ0n) is 14.3. The van der Waals surface area contributed by atoms with Crippen molar-refractivity contribution < 1.29 is 9.53 Å². The van der Waals surface area contributed by atoms with Crippen LogP contribution in [-0.4, -0.2) is 20.6 Å². The first-order valence-corrected chi connectivity index (χ1v) is 9.29. The van der Waals surface area contributed by atoms with E-state index in [2.05, 4.69) is 26.1 Å². The molecule has 4 aromatic rings. The Balaban J connectivity index is 1.65. The topological polar surface area (TPSA) is 56.5 Å². The quantitative estimate of drug-likeness (QED) is 0.440. The minimum atomic E-state index is -0.413. The van der Waals surface area contributed by atoms with Gasteiger partial charge in [-0.3, -0.25) is 4.40 Å². The standard InChI is InChI=1S/C21H16BrN3O2/c22-17-11-9-16(10-12-17)19(13-15-5-2-1-3-6-15)27-21(26)18-7-4-8-20-24-23-14-25(18)20/h1-12,14,19H,13H2. The zero-order chi connectivity index (χ0) is 18.6. The number of hydrogen-bond acceptors (Lipinski definition) is 4. The molecule has 5 nitrogen and oxygen atoms in total. The van der Waals surface area contributed by atoms with Gasteiger partial charge < -0.3 is 4.74 Å². The summed E-state index contributed by atoms with van der Waals surface area (Å²) in [6.07, 6.45) is 1.70. The molecule has 0 aliphatic heterocycles. The molecule has 6 heteroatoms. The van der Waals surface area contributed by atoms with Gasteiger partial charge in [-0.25, -0.2) is 4.79 Å². The maximum absolute atomic E-state index is 12.9. The van der Waals surface area contributed by atoms with Crippen molar-refractivity contribution in [3.63, 3.8) is 0 Å². The van der Waals surface area contributed by atoms with E-state index in [9.17, 15) is 4.79 Å². The fourth-order valence-corrected chi connectivity index (χ4v) is 3.20. The maximum Gasteiger partial charge on any atom is 0.356 e. The summed E-state index contributed by atoms with van der Waals surface area (Å²) in [7, 11) is 0. The van der Waals surface area contributed by atoms with E-state index in [0.29, 0.717) is 17.8 Å². The number of aromatic nitrogens is 3. The number of benzene rings is 2. The van der Waals surface area contributed by atoms with Crippen LogP contribution in [0.3, 0.4) is 0 Å². The molecule has 0 saturated heterocycles. The van der Waals surface area contributed by atoms with Crippen molar-refractivity contribution in [2.45, 2.75) is 12.5 Å². The predicted molar refractivity (Wildman–Crippen MR) is 105 cm³/mol. The van der Waals surface area contributed by atoms with Gasteiger partial charge in [0.1, 0.15) is 18.1 Å². The summed E-state index contributed by atoms with van der Waals surface area (Å²) in [6, 6.07) is 23.1. The van der Waals surface area contributed by atoms with Crippen LogP contribution in [0.1, 0.15) is 27.7 Å². The molecule has 27 heavy (non-hydrogen) atoms. The van der Waals surface area contributed by atoms with Crippen LogP contribution in [0.25, 0.3) is 5.65 Å². The summed E-state index contributed by atoms with van der Waals surface area (Å²) in [4.78, 5) is 12.9. The first-order chi connectivity index (χ1) is 13.2. The molecule has 2 heterocycles. The Bertz CT molecular complexity index is 1060. The molecule has 1 atom stereocenters. The SMILES string of the molecule is O=C(OC(Cc1ccccc1)c1ccc(Br)cc1)c1cccc2nncn12. The third-order valence-electron chi connectivity index (χ3n) is 4.30. The van der Waals surface area contributed by atoms with Gasteiger partial charge in [0, 0.05) is 10.9 Å². The van der Waals surface area contributed by atoms with E-state index >= 15 is 0 Å². The predicted octanol–water partition coefficient (Wildman–Crippen LogP) is 4.63. The second-order valence-electron chi connectivity index (χ2n) is 6.11. The van der Waals surface area contributed by atoms with Gasteiger partial charge in [-0.1, -0.05) is 64.5 Å². The van der Waals surface area contributed by atoms with E-state index in [1.165, 1.54) is 6.33 Å². The van der Waals surface area contributed by atoms with E-state index in [0.717, 1.165) is 15.6 Å². The Morgan fingerprint density at radius 2 is 1.78 bits per heavy atom. The number of rotatable bonds is 5. The van der Waals surface area contributed by atoms with E-state index < -0.39 is 12.1 Å². The van der Waals surface area contributed by atoms with Crippen molar-refractivity contribution in [3.8, 4) is 0 Å². The number of nitrogens with zero attached hydrogens (tertiary/aromatic N) is 3. The average Bonchev–Trinajstić information content (AvgIpc) is 3.17. The smallest absolute Gasteiger partial charge is 0.356 e. The monoisotopic (exact) mass is 421 g/mol. The summed E-state index contributed by atoms with van der Waals surface area (Å²) in [5.41, 5.74) is 3.03. The Hall–Kier alpha value is -2.99. The van der Waals surface area contributed by atoms with Crippen molar-refractivity contribution in [2.24, 2.45) is 0 Å². The lowest BCUT2D eigenvalue weighted by Crippen LogP contribution is -2.16. The molecule has 0 bridgehead atoms. The van der Waals surface area contributed by atoms with Crippen molar-refractivity contribution >= 4 is 27.5 Å². The Kier molecular flexibility index (Phi) is 4.98. The van der Waals surface area contributed by atoms with Crippen LogP contribution in [-0.2, 0) is 11.2 Å². The van der Waals surface area contributed by atoms with E-state index in [4.69, 9.17) is 4.74 Å². The molecule has 0 aliphatic rings. The Morgan fingerprint density at radius 1 is 1.00 bits per heavy atom. The van der Waals surface area contributed by atoms with E-state index in [1.54, 1.807) is 22.6 Å². The number of fused-ring (bicyclic) bond motifs is 1. The van der Waals surface area contributed by atoms with Crippen LogP contribution >= 0.6 is 15.9 Å². The zero-order valence-corrected chi connectivity index (χ0v) is 15.9. The van der Waals surface area contributed by atoms with Gasteiger partial charge in [-0.15, -0.1) is 10.2 Å². The lowest BCUT2D eigenvalue weighted by atomic mass is 10.0. The highest BCUT2D eigenvalue weighted by atomic mass is 79.9. The normalized spacial score (nSPS) is 12.0. The number of esters is 1. The number of halogens is 1. The van der Waals surface area contributed by atoms with Gasteiger partial charge in [0.15, 0.2) is 5.65 Å². The maximum atomic E-state index is 12.9. The molecule has 0 amide bonds. The number of ether oxygens (including phenoxy) is 1. The summed E-state index contributed by atoms with van der Waals surface area (Å²) < 4.78 is 8.52. The number of carbonyl (C=O) groups excluding carboxylic acids is 1. The van der Waals surface area contributed by atoms with E-state index in [-0.39, 0.29) is 0 Å². The van der Waals surface area contributed by atoms with Gasteiger partial charge >= 0.3 is 5.97 Å². The van der Waals surface area contributed by atoms with Gasteiger partial charge in [0.25, 0.3) is 0 Å². The van der Waals surface area contributed by atoms with Crippen molar-refractivity contribution in [2.75, 3.05) is 0 Å². The summed E-state index contributed by atoms with van der Waals surface area (Å²) in [5, 5.41) is 7.84. The Labute approximate surface area is 164 Å². The summed E-state index contributed by atoms with van der Waals surface area (Å²) in [5.74, 6) is -0.413. The van der Waals surface area contributed by atoms with Crippen LogP contribution in [0.2, 0.25) is 0 Å². The van der Waals surface area contributed by atoms with Gasteiger partial charge in [-0.2, -0.15) is 0 Å². The molecule has 2 aromatic carbocycles. The molecule has 0 radical (unpaired) electrons. The van der Waals surface area contributed by atoms with Crippen LogP contribution in [0.15, 0.2) is 83.6 Å². The second-order valence-corrected chi connectivity index (χ2v) is 7.02. The summed E-state index contributed by atoms with van der Waals surface area (Å²) in [6.45, 7) is 0. The van der Waals surface area contributed by atoms with Crippen LogP contribution in [0.4, 0.5) is 0 Å². The highest BCUT2D eigenvalue weighted by Crippen LogP contribution is 2.25. The highest BCUT2D eigenvalue weighted by Gasteiger charge is 2.20. The average molecular weight is 422 g/mol. The summed E-state index contributed by atoms with van der Waals surface area (Å²) >= 11 is 3.45. The molecular weight excluding hydrogens is 406 g/mol. The van der Waals surface area contributed by atoms with Crippen LogP contribution in [0.5, 0.6) is 0 Å².